The summed E-state index contributed by atoms with van der Waals surface area (Å²) in [5, 5.41) is 9.34. The first kappa shape index (κ1) is 14.2. The second kappa shape index (κ2) is 8.28. The highest BCUT2D eigenvalue weighted by Crippen LogP contribution is 2.15. The first-order valence-corrected chi connectivity index (χ1v) is 7.02. The van der Waals surface area contributed by atoms with Crippen molar-refractivity contribution in [3.63, 3.8) is 0 Å². The smallest absolute Gasteiger partial charge is 0.280 e. The van der Waals surface area contributed by atoms with Gasteiger partial charge in [-0.15, -0.1) is 0 Å². The normalized spacial score (nSPS) is 10.5. The molecule has 0 saturated carbocycles. The van der Waals surface area contributed by atoms with Crippen molar-refractivity contribution in [3.05, 3.63) is 21.0 Å². The van der Waals surface area contributed by atoms with Gasteiger partial charge in [-0.1, -0.05) is 39.0 Å². The predicted molar refractivity (Wildman–Crippen MR) is 74.4 cm³/mol. The van der Waals surface area contributed by atoms with Crippen molar-refractivity contribution in [2.75, 3.05) is 11.9 Å². The van der Waals surface area contributed by atoms with E-state index in [2.05, 4.69) is 38.4 Å². The van der Waals surface area contributed by atoms with Crippen LogP contribution in [0, 0.1) is 0 Å². The maximum Gasteiger partial charge on any atom is 0.280 e. The molecule has 1 aromatic rings. The molecule has 0 spiro atoms. The van der Waals surface area contributed by atoms with Crippen LogP contribution in [0.5, 0.6) is 0 Å². The van der Waals surface area contributed by atoms with Crippen LogP contribution in [-0.4, -0.2) is 16.7 Å². The molecule has 1 rings (SSSR count). The standard InChI is InChI=1S/C12H20BrN3O/c1-2-3-4-5-6-7-8-14-10-9-15-16-12(17)11(10)13/h9H,2-8H2,1H3,(H2,14,16,17). The third-order valence-corrected chi connectivity index (χ3v) is 3.43. The van der Waals surface area contributed by atoms with Gasteiger partial charge in [0.05, 0.1) is 11.9 Å². The number of unbranched alkanes of at least 4 members (excludes halogenated alkanes) is 5. The molecule has 4 nitrogen and oxygen atoms in total. The quantitative estimate of drug-likeness (QED) is 0.724. The van der Waals surface area contributed by atoms with Gasteiger partial charge in [0.1, 0.15) is 4.47 Å². The predicted octanol–water partition coefficient (Wildman–Crippen LogP) is 3.30. The number of anilines is 1. The van der Waals surface area contributed by atoms with Crippen molar-refractivity contribution in [2.24, 2.45) is 0 Å². The van der Waals surface area contributed by atoms with Crippen LogP contribution < -0.4 is 10.9 Å². The number of aromatic nitrogens is 2. The summed E-state index contributed by atoms with van der Waals surface area (Å²) in [6, 6.07) is 0. The summed E-state index contributed by atoms with van der Waals surface area (Å²) < 4.78 is 0.526. The molecule has 96 valence electrons. The Balaban J connectivity index is 2.18. The number of halogens is 1. The van der Waals surface area contributed by atoms with Gasteiger partial charge in [0, 0.05) is 6.54 Å². The summed E-state index contributed by atoms with van der Waals surface area (Å²) in [5.74, 6) is 0. The molecule has 0 aromatic carbocycles. The number of aromatic amines is 1. The zero-order valence-corrected chi connectivity index (χ0v) is 11.8. The number of rotatable bonds is 8. The Morgan fingerprint density at radius 1 is 1.29 bits per heavy atom. The van der Waals surface area contributed by atoms with Crippen LogP contribution in [0.4, 0.5) is 5.69 Å². The average molecular weight is 302 g/mol. The van der Waals surface area contributed by atoms with Crippen molar-refractivity contribution < 1.29 is 0 Å². The molecule has 0 unspecified atom stereocenters. The van der Waals surface area contributed by atoms with E-state index in [0.717, 1.165) is 18.7 Å². The van der Waals surface area contributed by atoms with E-state index in [-0.39, 0.29) is 5.56 Å². The number of nitrogens with zero attached hydrogens (tertiary/aromatic N) is 1. The topological polar surface area (TPSA) is 57.8 Å². The molecule has 0 fully saturated rings. The second-order valence-corrected chi connectivity index (χ2v) is 4.91. The molecule has 0 radical (unpaired) electrons. The highest BCUT2D eigenvalue weighted by Gasteiger charge is 2.02. The van der Waals surface area contributed by atoms with Gasteiger partial charge in [-0.2, -0.15) is 5.10 Å². The van der Waals surface area contributed by atoms with E-state index in [1.165, 1.54) is 32.1 Å². The molecule has 0 atom stereocenters. The van der Waals surface area contributed by atoms with Crippen LogP contribution >= 0.6 is 15.9 Å². The Morgan fingerprint density at radius 3 is 2.76 bits per heavy atom. The van der Waals surface area contributed by atoms with E-state index >= 15 is 0 Å². The molecule has 0 amide bonds. The molecular weight excluding hydrogens is 282 g/mol. The van der Waals surface area contributed by atoms with Crippen LogP contribution in [0.3, 0.4) is 0 Å². The monoisotopic (exact) mass is 301 g/mol. The van der Waals surface area contributed by atoms with Gasteiger partial charge in [0.2, 0.25) is 0 Å². The van der Waals surface area contributed by atoms with Crippen LogP contribution in [0.25, 0.3) is 0 Å². The highest BCUT2D eigenvalue weighted by molar-refractivity contribution is 9.10. The average Bonchev–Trinajstić information content (AvgIpc) is 2.33. The Bertz CT molecular complexity index is 378. The van der Waals surface area contributed by atoms with Gasteiger partial charge in [0.25, 0.3) is 5.56 Å². The molecule has 1 heterocycles. The van der Waals surface area contributed by atoms with Crippen LogP contribution in [0.2, 0.25) is 0 Å². The van der Waals surface area contributed by atoms with Crippen LogP contribution in [0.1, 0.15) is 45.4 Å². The van der Waals surface area contributed by atoms with Crippen molar-refractivity contribution in [1.29, 1.82) is 0 Å². The summed E-state index contributed by atoms with van der Waals surface area (Å²) in [4.78, 5) is 11.2. The maximum absolute atomic E-state index is 11.2. The highest BCUT2D eigenvalue weighted by atomic mass is 79.9. The molecule has 17 heavy (non-hydrogen) atoms. The third kappa shape index (κ3) is 5.35. The summed E-state index contributed by atoms with van der Waals surface area (Å²) in [6.07, 6.45) is 9.23. The minimum absolute atomic E-state index is 0.196. The second-order valence-electron chi connectivity index (χ2n) is 4.12. The fraction of sp³-hybridized carbons (Fsp3) is 0.667. The fourth-order valence-corrected chi connectivity index (χ4v) is 1.97. The lowest BCUT2D eigenvalue weighted by atomic mass is 10.1. The van der Waals surface area contributed by atoms with Crippen LogP contribution in [0.15, 0.2) is 15.5 Å². The molecule has 5 heteroatoms. The number of nitrogens with one attached hydrogen (secondary N) is 2. The van der Waals surface area contributed by atoms with E-state index < -0.39 is 0 Å². The zero-order chi connectivity index (χ0) is 12.5. The maximum atomic E-state index is 11.2. The molecule has 2 N–H and O–H groups in total. The van der Waals surface area contributed by atoms with Crippen molar-refractivity contribution in [3.8, 4) is 0 Å². The first-order chi connectivity index (χ1) is 8.25. The van der Waals surface area contributed by atoms with Gasteiger partial charge in [-0.25, -0.2) is 5.10 Å². The van der Waals surface area contributed by atoms with E-state index in [1.807, 2.05) is 0 Å². The summed E-state index contributed by atoms with van der Waals surface area (Å²) in [6.45, 7) is 3.11. The molecule has 0 bridgehead atoms. The van der Waals surface area contributed by atoms with E-state index in [4.69, 9.17) is 0 Å². The lowest BCUT2D eigenvalue weighted by Gasteiger charge is -2.06. The largest absolute Gasteiger partial charge is 0.383 e. The van der Waals surface area contributed by atoms with Crippen LogP contribution in [-0.2, 0) is 0 Å². The molecule has 0 aliphatic rings. The lowest BCUT2D eigenvalue weighted by molar-refractivity contribution is 0.617. The van der Waals surface area contributed by atoms with Crippen molar-refractivity contribution in [1.82, 2.24) is 10.2 Å². The van der Waals surface area contributed by atoms with Crippen molar-refractivity contribution >= 4 is 21.6 Å². The van der Waals surface area contributed by atoms with E-state index in [9.17, 15) is 4.79 Å². The molecule has 0 aliphatic carbocycles. The Labute approximate surface area is 110 Å². The van der Waals surface area contributed by atoms with Gasteiger partial charge >= 0.3 is 0 Å². The Morgan fingerprint density at radius 2 is 2.00 bits per heavy atom. The Hall–Kier alpha value is -0.840. The first-order valence-electron chi connectivity index (χ1n) is 6.22. The number of H-pyrrole nitrogens is 1. The number of hydrogen-bond donors (Lipinski definition) is 2. The lowest BCUT2D eigenvalue weighted by Crippen LogP contribution is -2.12. The third-order valence-electron chi connectivity index (χ3n) is 2.64. The Kier molecular flexibility index (Phi) is 6.93. The summed E-state index contributed by atoms with van der Waals surface area (Å²) in [7, 11) is 0. The van der Waals surface area contributed by atoms with E-state index in [0.29, 0.717) is 4.47 Å². The molecular formula is C12H20BrN3O. The minimum atomic E-state index is -0.196. The number of hydrogen-bond acceptors (Lipinski definition) is 3. The molecule has 0 aliphatic heterocycles. The van der Waals surface area contributed by atoms with E-state index in [1.54, 1.807) is 6.20 Å². The SMILES string of the molecule is CCCCCCCCNc1cn[nH]c(=O)c1Br. The van der Waals surface area contributed by atoms with Gasteiger partial charge < -0.3 is 5.32 Å². The molecule has 0 saturated heterocycles. The van der Waals surface area contributed by atoms with Crippen molar-refractivity contribution in [2.45, 2.75) is 45.4 Å². The van der Waals surface area contributed by atoms with Gasteiger partial charge in [-0.3, -0.25) is 4.79 Å². The summed E-state index contributed by atoms with van der Waals surface area (Å²) in [5.41, 5.74) is 0.570. The molecule has 1 aromatic heterocycles. The minimum Gasteiger partial charge on any atom is -0.383 e. The fourth-order valence-electron chi connectivity index (χ4n) is 1.64. The summed E-state index contributed by atoms with van der Waals surface area (Å²) >= 11 is 3.24. The van der Waals surface area contributed by atoms with Gasteiger partial charge in [-0.05, 0) is 22.4 Å². The van der Waals surface area contributed by atoms with Gasteiger partial charge in [0.15, 0.2) is 0 Å². The zero-order valence-electron chi connectivity index (χ0n) is 10.3.